The van der Waals surface area contributed by atoms with Gasteiger partial charge >= 0.3 is 6.03 Å². The van der Waals surface area contributed by atoms with Crippen LogP contribution in [0.3, 0.4) is 0 Å². The summed E-state index contributed by atoms with van der Waals surface area (Å²) in [4.78, 5) is 16.0. The molecule has 1 fully saturated rings. The highest BCUT2D eigenvalue weighted by atomic mass is 32.1. The SMILES string of the molecule is CCOc1ccc(NC(=O)NCC(c2cccs2)N2CCCC2)cc1. The van der Waals surface area contributed by atoms with Crippen molar-refractivity contribution in [3.63, 3.8) is 0 Å². The van der Waals surface area contributed by atoms with Crippen molar-refractivity contribution in [2.75, 3.05) is 31.6 Å². The second kappa shape index (κ2) is 8.87. The average molecular weight is 359 g/mol. The molecule has 5 nitrogen and oxygen atoms in total. The number of thiophene rings is 1. The van der Waals surface area contributed by atoms with Crippen molar-refractivity contribution in [2.45, 2.75) is 25.8 Å². The maximum absolute atomic E-state index is 12.2. The minimum Gasteiger partial charge on any atom is -0.494 e. The first kappa shape index (κ1) is 17.8. The minimum absolute atomic E-state index is 0.176. The predicted molar refractivity (Wildman–Crippen MR) is 102 cm³/mol. The zero-order valence-corrected chi connectivity index (χ0v) is 15.3. The molecule has 1 aliphatic heterocycles. The summed E-state index contributed by atoms with van der Waals surface area (Å²) in [5.74, 6) is 0.806. The van der Waals surface area contributed by atoms with E-state index in [1.54, 1.807) is 11.3 Å². The van der Waals surface area contributed by atoms with E-state index in [9.17, 15) is 4.79 Å². The van der Waals surface area contributed by atoms with Gasteiger partial charge in [0, 0.05) is 17.1 Å². The van der Waals surface area contributed by atoms with Gasteiger partial charge in [0.2, 0.25) is 0 Å². The molecule has 6 heteroatoms. The maximum atomic E-state index is 12.2. The summed E-state index contributed by atoms with van der Waals surface area (Å²) in [7, 11) is 0. The Morgan fingerprint density at radius 1 is 1.24 bits per heavy atom. The van der Waals surface area contributed by atoms with Gasteiger partial charge in [0.25, 0.3) is 0 Å². The molecule has 1 atom stereocenters. The van der Waals surface area contributed by atoms with Crippen LogP contribution in [0.4, 0.5) is 10.5 Å². The van der Waals surface area contributed by atoms with Gasteiger partial charge in [-0.1, -0.05) is 6.07 Å². The van der Waals surface area contributed by atoms with Crippen molar-refractivity contribution >= 4 is 23.1 Å². The number of urea groups is 1. The Kier molecular flexibility index (Phi) is 6.30. The van der Waals surface area contributed by atoms with Crippen molar-refractivity contribution < 1.29 is 9.53 Å². The highest BCUT2D eigenvalue weighted by molar-refractivity contribution is 7.10. The van der Waals surface area contributed by atoms with E-state index in [1.807, 2.05) is 31.2 Å². The van der Waals surface area contributed by atoms with Gasteiger partial charge in [0.05, 0.1) is 12.6 Å². The van der Waals surface area contributed by atoms with Crippen LogP contribution >= 0.6 is 11.3 Å². The third kappa shape index (κ3) is 4.96. The molecule has 2 N–H and O–H groups in total. The largest absolute Gasteiger partial charge is 0.494 e. The first-order chi connectivity index (χ1) is 12.3. The topological polar surface area (TPSA) is 53.6 Å². The summed E-state index contributed by atoms with van der Waals surface area (Å²) in [6.45, 7) is 5.40. The number of anilines is 1. The van der Waals surface area contributed by atoms with E-state index in [4.69, 9.17) is 4.74 Å². The third-order valence-electron chi connectivity index (χ3n) is 4.33. The summed E-state index contributed by atoms with van der Waals surface area (Å²) < 4.78 is 5.41. The first-order valence-corrected chi connectivity index (χ1v) is 9.69. The summed E-state index contributed by atoms with van der Waals surface area (Å²) in [6.07, 6.45) is 2.47. The fraction of sp³-hybridized carbons (Fsp3) is 0.421. The summed E-state index contributed by atoms with van der Waals surface area (Å²) in [5.41, 5.74) is 0.759. The number of likely N-dealkylation sites (tertiary alicyclic amines) is 1. The van der Waals surface area contributed by atoms with Crippen LogP contribution in [0, 0.1) is 0 Å². The van der Waals surface area contributed by atoms with Crippen molar-refractivity contribution in [3.8, 4) is 5.75 Å². The molecule has 0 radical (unpaired) electrons. The quantitative estimate of drug-likeness (QED) is 0.782. The predicted octanol–water partition coefficient (Wildman–Crippen LogP) is 4.11. The average Bonchev–Trinajstić information content (AvgIpc) is 3.31. The molecule has 3 rings (SSSR count). The molecule has 0 aliphatic carbocycles. The number of rotatable bonds is 7. The summed E-state index contributed by atoms with van der Waals surface area (Å²) in [5, 5.41) is 8.00. The fourth-order valence-corrected chi connectivity index (χ4v) is 3.97. The van der Waals surface area contributed by atoms with Crippen LogP contribution in [0.2, 0.25) is 0 Å². The lowest BCUT2D eigenvalue weighted by atomic mass is 10.2. The molecule has 1 unspecified atom stereocenters. The lowest BCUT2D eigenvalue weighted by Gasteiger charge is -2.26. The second-order valence-corrected chi connectivity index (χ2v) is 7.05. The van der Waals surface area contributed by atoms with Gasteiger partial charge in [0.1, 0.15) is 5.75 Å². The van der Waals surface area contributed by atoms with Crippen LogP contribution < -0.4 is 15.4 Å². The number of nitrogens with zero attached hydrogens (tertiary/aromatic N) is 1. The Bertz CT molecular complexity index is 652. The van der Waals surface area contributed by atoms with E-state index >= 15 is 0 Å². The molecule has 1 aromatic carbocycles. The molecule has 0 spiro atoms. The zero-order valence-electron chi connectivity index (χ0n) is 14.5. The van der Waals surface area contributed by atoms with Crippen LogP contribution in [-0.2, 0) is 0 Å². The van der Waals surface area contributed by atoms with Crippen molar-refractivity contribution in [1.82, 2.24) is 10.2 Å². The lowest BCUT2D eigenvalue weighted by molar-refractivity contribution is 0.229. The molecule has 1 aromatic heterocycles. The maximum Gasteiger partial charge on any atom is 0.319 e. The Morgan fingerprint density at radius 2 is 2.00 bits per heavy atom. The van der Waals surface area contributed by atoms with Gasteiger partial charge in [-0.05, 0) is 68.6 Å². The Labute approximate surface area is 153 Å². The van der Waals surface area contributed by atoms with Gasteiger partial charge in [-0.15, -0.1) is 11.3 Å². The Morgan fingerprint density at radius 3 is 2.64 bits per heavy atom. The number of carbonyl (C=O) groups excluding carboxylic acids is 1. The second-order valence-electron chi connectivity index (χ2n) is 6.07. The van der Waals surface area contributed by atoms with Crippen LogP contribution in [-0.4, -0.2) is 37.2 Å². The van der Waals surface area contributed by atoms with Gasteiger partial charge in [-0.3, -0.25) is 4.90 Å². The van der Waals surface area contributed by atoms with Gasteiger partial charge in [-0.25, -0.2) is 4.79 Å². The van der Waals surface area contributed by atoms with Gasteiger partial charge in [0.15, 0.2) is 0 Å². The number of ether oxygens (including phenoxy) is 1. The first-order valence-electron chi connectivity index (χ1n) is 8.81. The van der Waals surface area contributed by atoms with E-state index in [0.29, 0.717) is 13.2 Å². The smallest absolute Gasteiger partial charge is 0.319 e. The van der Waals surface area contributed by atoms with Crippen molar-refractivity contribution in [2.24, 2.45) is 0 Å². The number of benzene rings is 1. The lowest BCUT2D eigenvalue weighted by Crippen LogP contribution is -2.38. The molecule has 0 saturated carbocycles. The molecule has 134 valence electrons. The molecule has 0 bridgehead atoms. The van der Waals surface area contributed by atoms with Gasteiger partial charge < -0.3 is 15.4 Å². The monoisotopic (exact) mass is 359 g/mol. The highest BCUT2D eigenvalue weighted by Crippen LogP contribution is 2.27. The molecule has 1 aliphatic rings. The Hall–Kier alpha value is -2.05. The molecule has 2 aromatic rings. The number of hydrogen-bond acceptors (Lipinski definition) is 4. The number of carbonyl (C=O) groups is 1. The summed E-state index contributed by atoms with van der Waals surface area (Å²) >= 11 is 1.75. The zero-order chi connectivity index (χ0) is 17.5. The van der Waals surface area contributed by atoms with Crippen LogP contribution in [0.5, 0.6) is 5.75 Å². The molecule has 1 saturated heterocycles. The van der Waals surface area contributed by atoms with E-state index in [0.717, 1.165) is 24.5 Å². The van der Waals surface area contributed by atoms with E-state index in [1.165, 1.54) is 17.7 Å². The standard InChI is InChI=1S/C19H25N3O2S/c1-2-24-16-9-7-15(8-10-16)21-19(23)20-14-17(18-6-5-13-25-18)22-11-3-4-12-22/h5-10,13,17H,2-4,11-12,14H2,1H3,(H2,20,21,23). The number of hydrogen-bond donors (Lipinski definition) is 2. The number of amides is 2. The Balaban J connectivity index is 1.54. The van der Waals surface area contributed by atoms with E-state index < -0.39 is 0 Å². The molecule has 2 heterocycles. The van der Waals surface area contributed by atoms with Gasteiger partial charge in [-0.2, -0.15) is 0 Å². The molecular formula is C19H25N3O2S. The third-order valence-corrected chi connectivity index (χ3v) is 5.31. The normalized spacial score (nSPS) is 15.7. The van der Waals surface area contributed by atoms with Crippen molar-refractivity contribution in [1.29, 1.82) is 0 Å². The van der Waals surface area contributed by atoms with Crippen LogP contribution in [0.25, 0.3) is 0 Å². The summed E-state index contributed by atoms with van der Waals surface area (Å²) in [6, 6.07) is 11.7. The van der Waals surface area contributed by atoms with Crippen LogP contribution in [0.15, 0.2) is 41.8 Å². The minimum atomic E-state index is -0.176. The van der Waals surface area contributed by atoms with E-state index in [-0.39, 0.29) is 12.1 Å². The highest BCUT2D eigenvalue weighted by Gasteiger charge is 2.24. The molecular weight excluding hydrogens is 334 g/mol. The van der Waals surface area contributed by atoms with Crippen molar-refractivity contribution in [3.05, 3.63) is 46.7 Å². The fourth-order valence-electron chi connectivity index (χ4n) is 3.11. The van der Waals surface area contributed by atoms with Crippen LogP contribution in [0.1, 0.15) is 30.7 Å². The molecule has 25 heavy (non-hydrogen) atoms. The molecule has 2 amide bonds. The van der Waals surface area contributed by atoms with E-state index in [2.05, 4.69) is 33.0 Å². The number of nitrogens with one attached hydrogen (secondary N) is 2.